The van der Waals surface area contributed by atoms with Crippen LogP contribution in [0.5, 0.6) is 0 Å². The molecule has 0 saturated carbocycles. The summed E-state index contributed by atoms with van der Waals surface area (Å²) >= 11 is 0. The minimum absolute atomic E-state index is 0.00184. The minimum Gasteiger partial charge on any atom is -0.476 e. The number of carbonyl (C=O) groups is 3. The molecular weight excluding hydrogens is 333 g/mol. The summed E-state index contributed by atoms with van der Waals surface area (Å²) in [4.78, 5) is 38.1. The fourth-order valence-corrected chi connectivity index (χ4v) is 2.53. The van der Waals surface area contributed by atoms with E-state index in [-0.39, 0.29) is 31.7 Å². The van der Waals surface area contributed by atoms with Crippen LogP contribution in [0.1, 0.15) is 35.4 Å². The van der Waals surface area contributed by atoms with Crippen molar-refractivity contribution in [3.8, 4) is 0 Å². The number of hydrogen-bond acceptors (Lipinski definition) is 4. The molecule has 2 amide bonds. The Morgan fingerprint density at radius 3 is 2.62 bits per heavy atom. The van der Waals surface area contributed by atoms with Crippen molar-refractivity contribution in [1.29, 1.82) is 0 Å². The van der Waals surface area contributed by atoms with Crippen molar-refractivity contribution in [2.45, 2.75) is 38.7 Å². The minimum atomic E-state index is -4.78. The highest BCUT2D eigenvalue weighted by molar-refractivity contribution is 5.87. The predicted molar refractivity (Wildman–Crippen MR) is 72.9 cm³/mol. The van der Waals surface area contributed by atoms with Crippen molar-refractivity contribution in [2.75, 3.05) is 6.54 Å². The second-order valence-corrected chi connectivity index (χ2v) is 5.39. The first kappa shape index (κ1) is 17.8. The van der Waals surface area contributed by atoms with Crippen molar-refractivity contribution in [2.24, 2.45) is 0 Å². The molecule has 132 valence electrons. The van der Waals surface area contributed by atoms with Crippen LogP contribution in [0.2, 0.25) is 0 Å². The topological polar surface area (TPSA) is 105 Å². The summed E-state index contributed by atoms with van der Waals surface area (Å²) in [5.41, 5.74) is -0.871. The average molecular weight is 348 g/mol. The van der Waals surface area contributed by atoms with E-state index in [4.69, 9.17) is 5.11 Å². The summed E-state index contributed by atoms with van der Waals surface area (Å²) in [6.07, 6.45) is -4.38. The number of carbonyl (C=O) groups excluding carboxylic acids is 2. The van der Waals surface area contributed by atoms with E-state index in [2.05, 4.69) is 10.3 Å². The molecule has 8 nitrogen and oxygen atoms in total. The second-order valence-electron chi connectivity index (χ2n) is 5.39. The normalized spacial score (nSPS) is 15.6. The molecule has 1 unspecified atom stereocenters. The van der Waals surface area contributed by atoms with Gasteiger partial charge in [-0.3, -0.25) is 9.59 Å². The molecule has 1 atom stereocenters. The molecule has 0 aromatic carbocycles. The van der Waals surface area contributed by atoms with Gasteiger partial charge in [0.15, 0.2) is 5.69 Å². The third-order valence-corrected chi connectivity index (χ3v) is 3.65. The fraction of sp³-hybridized carbons (Fsp3) is 0.538. The number of amides is 2. The van der Waals surface area contributed by atoms with Gasteiger partial charge in [0.05, 0.1) is 12.2 Å². The number of carboxylic acids is 1. The number of hydrogen-bond donors (Lipinski definition) is 2. The second kappa shape index (κ2) is 6.49. The van der Waals surface area contributed by atoms with Crippen LogP contribution in [0, 0.1) is 0 Å². The number of rotatable bonds is 5. The highest BCUT2D eigenvalue weighted by Crippen LogP contribution is 2.32. The van der Waals surface area contributed by atoms with Gasteiger partial charge in [-0.25, -0.2) is 9.78 Å². The largest absolute Gasteiger partial charge is 0.476 e. The number of fused-ring (bicyclic) bond motifs is 1. The summed E-state index contributed by atoms with van der Waals surface area (Å²) in [5.74, 6) is -3.26. The van der Waals surface area contributed by atoms with Crippen LogP contribution < -0.4 is 5.32 Å². The van der Waals surface area contributed by atoms with Crippen LogP contribution in [-0.4, -0.2) is 50.4 Å². The summed E-state index contributed by atoms with van der Waals surface area (Å²) in [7, 11) is 0. The Labute approximate surface area is 134 Å². The number of nitrogens with one attached hydrogen (secondary N) is 1. The lowest BCUT2D eigenvalue weighted by Crippen LogP contribution is -2.42. The van der Waals surface area contributed by atoms with Crippen LogP contribution in [0.25, 0.3) is 0 Å². The lowest BCUT2D eigenvalue weighted by molar-refractivity contribution is -0.148. The Hall–Kier alpha value is -2.59. The summed E-state index contributed by atoms with van der Waals surface area (Å²) in [6.45, 7) is 1.12. The first-order chi connectivity index (χ1) is 11.1. The number of aromatic nitrogens is 2. The van der Waals surface area contributed by atoms with E-state index in [9.17, 15) is 27.6 Å². The van der Waals surface area contributed by atoms with E-state index in [1.165, 1.54) is 4.90 Å². The molecule has 0 spiro atoms. The molecule has 1 aromatic rings. The molecule has 1 aliphatic heterocycles. The molecule has 1 aromatic heterocycles. The zero-order valence-electron chi connectivity index (χ0n) is 12.6. The number of aromatic carboxylic acids is 1. The summed E-state index contributed by atoms with van der Waals surface area (Å²) in [6, 6.07) is -0.438. The molecule has 0 fully saturated rings. The molecule has 2 heterocycles. The highest BCUT2D eigenvalue weighted by Gasteiger charge is 2.41. The van der Waals surface area contributed by atoms with Gasteiger partial charge in [0, 0.05) is 25.6 Å². The Bertz CT molecular complexity index is 671. The van der Waals surface area contributed by atoms with Gasteiger partial charge in [-0.15, -0.1) is 0 Å². The number of imidazole rings is 1. The Kier molecular flexibility index (Phi) is 4.81. The van der Waals surface area contributed by atoms with Crippen LogP contribution >= 0.6 is 0 Å². The van der Waals surface area contributed by atoms with Crippen LogP contribution in [-0.2, 0) is 28.9 Å². The SMILES string of the molecule is CC(CC(=O)N1CCn2c(C(F)(F)F)nc(C(=O)O)c2C1)NC=O. The number of halogens is 3. The van der Waals surface area contributed by atoms with E-state index in [1.54, 1.807) is 6.92 Å². The van der Waals surface area contributed by atoms with E-state index < -0.39 is 35.6 Å². The maximum atomic E-state index is 13.0. The van der Waals surface area contributed by atoms with Gasteiger partial charge in [0.2, 0.25) is 18.1 Å². The van der Waals surface area contributed by atoms with Crippen molar-refractivity contribution >= 4 is 18.3 Å². The van der Waals surface area contributed by atoms with Gasteiger partial charge in [0.1, 0.15) is 0 Å². The first-order valence-electron chi connectivity index (χ1n) is 7.02. The van der Waals surface area contributed by atoms with E-state index in [0.29, 0.717) is 6.41 Å². The number of alkyl halides is 3. The molecular formula is C13H15F3N4O4. The maximum absolute atomic E-state index is 13.0. The van der Waals surface area contributed by atoms with Crippen molar-refractivity contribution < 1.29 is 32.7 Å². The third-order valence-electron chi connectivity index (χ3n) is 3.65. The van der Waals surface area contributed by atoms with E-state index in [0.717, 1.165) is 4.57 Å². The average Bonchev–Trinajstić information content (AvgIpc) is 2.86. The van der Waals surface area contributed by atoms with Gasteiger partial charge in [-0.1, -0.05) is 0 Å². The maximum Gasteiger partial charge on any atom is 0.449 e. The molecule has 1 aliphatic rings. The van der Waals surface area contributed by atoms with Gasteiger partial charge < -0.3 is 19.9 Å². The van der Waals surface area contributed by atoms with E-state index in [1.807, 2.05) is 0 Å². The molecule has 0 bridgehead atoms. The molecule has 11 heteroatoms. The first-order valence-corrected chi connectivity index (χ1v) is 7.02. The molecule has 2 rings (SSSR count). The van der Waals surface area contributed by atoms with Crippen LogP contribution in [0.15, 0.2) is 0 Å². The summed E-state index contributed by atoms with van der Waals surface area (Å²) < 4.78 is 39.7. The van der Waals surface area contributed by atoms with Gasteiger partial charge >= 0.3 is 12.1 Å². The third kappa shape index (κ3) is 3.49. The number of nitrogens with zero attached hydrogens (tertiary/aromatic N) is 3. The molecule has 24 heavy (non-hydrogen) atoms. The predicted octanol–water partition coefficient (Wildman–Crippen LogP) is 0.467. The van der Waals surface area contributed by atoms with Crippen LogP contribution in [0.4, 0.5) is 13.2 Å². The van der Waals surface area contributed by atoms with E-state index >= 15 is 0 Å². The number of carboxylic acid groups (broad SMARTS) is 1. The smallest absolute Gasteiger partial charge is 0.449 e. The lowest BCUT2D eigenvalue weighted by Gasteiger charge is -2.30. The highest BCUT2D eigenvalue weighted by atomic mass is 19.4. The Morgan fingerprint density at radius 2 is 2.08 bits per heavy atom. The van der Waals surface area contributed by atoms with Gasteiger partial charge in [0.25, 0.3) is 0 Å². The molecule has 2 N–H and O–H groups in total. The van der Waals surface area contributed by atoms with Crippen molar-refractivity contribution in [1.82, 2.24) is 19.8 Å². The molecule has 0 radical (unpaired) electrons. The van der Waals surface area contributed by atoms with Gasteiger partial charge in [-0.05, 0) is 6.92 Å². The van der Waals surface area contributed by atoms with Crippen molar-refractivity contribution in [3.05, 3.63) is 17.2 Å². The zero-order chi connectivity index (χ0) is 18.1. The fourth-order valence-electron chi connectivity index (χ4n) is 2.53. The monoisotopic (exact) mass is 348 g/mol. The molecule has 0 saturated heterocycles. The quantitative estimate of drug-likeness (QED) is 0.753. The van der Waals surface area contributed by atoms with Crippen molar-refractivity contribution in [3.63, 3.8) is 0 Å². The van der Waals surface area contributed by atoms with Crippen LogP contribution in [0.3, 0.4) is 0 Å². The lowest BCUT2D eigenvalue weighted by atomic mass is 10.2. The van der Waals surface area contributed by atoms with Gasteiger partial charge in [-0.2, -0.15) is 13.2 Å². The standard InChI is InChI=1S/C13H15F3N4O4/c1-7(17-6-21)4-9(22)19-2-3-20-8(5-19)10(11(23)24)18-12(20)13(14,15)16/h6-7H,2-5H2,1H3,(H,17,21)(H,23,24). The summed E-state index contributed by atoms with van der Waals surface area (Å²) in [5, 5.41) is 11.5. The molecule has 0 aliphatic carbocycles. The zero-order valence-corrected chi connectivity index (χ0v) is 12.6. The Balaban J connectivity index is 2.26. The Morgan fingerprint density at radius 1 is 1.42 bits per heavy atom.